The Kier molecular flexibility index (Phi) is 4.47. The monoisotopic (exact) mass is 407 g/mol. The smallest absolute Gasteiger partial charge is 0.241 e. The number of nitrogens with one attached hydrogen (secondary N) is 2. The van der Waals surface area contributed by atoms with Crippen molar-refractivity contribution in [2.45, 2.75) is 51.7 Å². The summed E-state index contributed by atoms with van der Waals surface area (Å²) in [5.74, 6) is 1.11. The highest BCUT2D eigenvalue weighted by atomic mass is 19.1. The second-order valence-electron chi connectivity index (χ2n) is 8.39. The van der Waals surface area contributed by atoms with Crippen LogP contribution < -0.4 is 10.6 Å². The van der Waals surface area contributed by atoms with Crippen molar-refractivity contribution in [3.63, 3.8) is 0 Å². The van der Waals surface area contributed by atoms with Crippen LogP contribution in [0.15, 0.2) is 30.6 Å². The van der Waals surface area contributed by atoms with E-state index in [1.165, 1.54) is 0 Å². The van der Waals surface area contributed by atoms with E-state index in [0.29, 0.717) is 23.5 Å². The topological polar surface area (TPSA) is 72.1 Å². The highest BCUT2D eigenvalue weighted by molar-refractivity contribution is 5.88. The quantitative estimate of drug-likeness (QED) is 0.524. The summed E-state index contributed by atoms with van der Waals surface area (Å²) >= 11 is 0. The Morgan fingerprint density at radius 2 is 1.97 bits per heavy atom. The number of imidazole rings is 1. The standard InChI is InChI=1S/C22H26FN7/c1-12(2)30-13(3)26-21-18(23)7-14(8-19(21)30)17-5-6-29-20(17)11-25-22(28-29)27-16-9-15(10-16)24-4/h5-8,11-12,15-16,24H,9-10H2,1-4H3,(H,27,28)/t15-,16-. The lowest BCUT2D eigenvalue weighted by atomic mass is 9.87. The van der Waals surface area contributed by atoms with E-state index in [2.05, 4.69) is 44.1 Å². The van der Waals surface area contributed by atoms with Crippen molar-refractivity contribution >= 4 is 22.5 Å². The van der Waals surface area contributed by atoms with Crippen LogP contribution in [0, 0.1) is 12.7 Å². The van der Waals surface area contributed by atoms with E-state index in [4.69, 9.17) is 0 Å². The first-order chi connectivity index (χ1) is 14.4. The van der Waals surface area contributed by atoms with E-state index in [9.17, 15) is 4.39 Å². The predicted molar refractivity (Wildman–Crippen MR) is 116 cm³/mol. The van der Waals surface area contributed by atoms with Gasteiger partial charge < -0.3 is 15.2 Å². The molecule has 5 rings (SSSR count). The second-order valence-corrected chi connectivity index (χ2v) is 8.39. The van der Waals surface area contributed by atoms with Crippen molar-refractivity contribution in [2.75, 3.05) is 12.4 Å². The lowest BCUT2D eigenvalue weighted by Gasteiger charge is -2.35. The number of aromatic nitrogens is 5. The first-order valence-corrected chi connectivity index (χ1v) is 10.4. The second kappa shape index (κ2) is 7.05. The highest BCUT2D eigenvalue weighted by Crippen LogP contribution is 2.32. The van der Waals surface area contributed by atoms with Crippen molar-refractivity contribution in [2.24, 2.45) is 0 Å². The number of rotatable bonds is 5. The van der Waals surface area contributed by atoms with Gasteiger partial charge in [0.25, 0.3) is 0 Å². The minimum atomic E-state index is -0.312. The SMILES string of the molecule is CN[C@H]1C[C@H](Nc2ncc3c(-c4cc(F)c5nc(C)n(C(C)C)c5c4)ccn3n2)C1. The molecule has 0 aliphatic heterocycles. The number of hydrogen-bond donors (Lipinski definition) is 2. The summed E-state index contributed by atoms with van der Waals surface area (Å²) in [7, 11) is 1.99. The Morgan fingerprint density at radius 3 is 2.70 bits per heavy atom. The average molecular weight is 407 g/mol. The fourth-order valence-electron chi connectivity index (χ4n) is 4.44. The van der Waals surface area contributed by atoms with Crippen molar-refractivity contribution in [3.05, 3.63) is 42.2 Å². The molecule has 3 heterocycles. The number of aryl methyl sites for hydroxylation is 1. The van der Waals surface area contributed by atoms with Crippen LogP contribution in [-0.4, -0.2) is 43.3 Å². The zero-order chi connectivity index (χ0) is 21.0. The van der Waals surface area contributed by atoms with Gasteiger partial charge in [0.05, 0.1) is 17.2 Å². The van der Waals surface area contributed by atoms with Gasteiger partial charge in [0.2, 0.25) is 5.95 Å². The molecule has 7 nitrogen and oxygen atoms in total. The lowest BCUT2D eigenvalue weighted by Crippen LogP contribution is -2.46. The van der Waals surface area contributed by atoms with Crippen LogP contribution in [0.25, 0.3) is 27.7 Å². The number of nitrogens with zero attached hydrogens (tertiary/aromatic N) is 5. The van der Waals surface area contributed by atoms with Crippen molar-refractivity contribution in [3.8, 4) is 11.1 Å². The number of anilines is 1. The van der Waals surface area contributed by atoms with Crippen LogP contribution in [0.4, 0.5) is 10.3 Å². The summed E-state index contributed by atoms with van der Waals surface area (Å²) in [6, 6.07) is 6.67. The number of benzene rings is 1. The molecule has 0 radical (unpaired) electrons. The van der Waals surface area contributed by atoms with Crippen molar-refractivity contribution in [1.82, 2.24) is 29.5 Å². The maximum absolute atomic E-state index is 14.9. The Balaban J connectivity index is 1.52. The third-order valence-electron chi connectivity index (χ3n) is 6.05. The molecule has 1 fully saturated rings. The van der Waals surface area contributed by atoms with E-state index >= 15 is 0 Å². The molecule has 1 saturated carbocycles. The maximum atomic E-state index is 14.9. The summed E-state index contributed by atoms with van der Waals surface area (Å²) in [6.07, 6.45) is 5.82. The first kappa shape index (κ1) is 19.0. The van der Waals surface area contributed by atoms with Gasteiger partial charge in [0, 0.05) is 29.9 Å². The lowest BCUT2D eigenvalue weighted by molar-refractivity contribution is 0.325. The van der Waals surface area contributed by atoms with E-state index < -0.39 is 0 Å². The van der Waals surface area contributed by atoms with Crippen LogP contribution in [0.1, 0.15) is 38.6 Å². The molecular formula is C22H26FN7. The third kappa shape index (κ3) is 3.02. The molecule has 1 aliphatic carbocycles. The van der Waals surface area contributed by atoms with E-state index in [1.807, 2.05) is 32.3 Å². The largest absolute Gasteiger partial charge is 0.350 e. The molecule has 1 aromatic carbocycles. The molecule has 0 bridgehead atoms. The predicted octanol–water partition coefficient (Wildman–Crippen LogP) is 3.94. The van der Waals surface area contributed by atoms with Gasteiger partial charge in [0.15, 0.2) is 5.82 Å². The summed E-state index contributed by atoms with van der Waals surface area (Å²) < 4.78 is 18.7. The molecule has 156 valence electrons. The molecule has 0 spiro atoms. The fraction of sp³-hybridized carbons (Fsp3) is 0.409. The zero-order valence-corrected chi connectivity index (χ0v) is 17.6. The van der Waals surface area contributed by atoms with Crippen LogP contribution in [0.2, 0.25) is 0 Å². The molecule has 4 aromatic rings. The van der Waals surface area contributed by atoms with Gasteiger partial charge in [-0.05, 0) is 64.4 Å². The Morgan fingerprint density at radius 1 is 1.17 bits per heavy atom. The highest BCUT2D eigenvalue weighted by Gasteiger charge is 2.28. The van der Waals surface area contributed by atoms with Gasteiger partial charge in [-0.25, -0.2) is 18.9 Å². The average Bonchev–Trinajstić information content (AvgIpc) is 3.24. The summed E-state index contributed by atoms with van der Waals surface area (Å²) in [5, 5.41) is 11.3. The number of halogens is 1. The molecule has 0 atom stereocenters. The van der Waals surface area contributed by atoms with Crippen LogP contribution in [-0.2, 0) is 0 Å². The molecule has 0 unspecified atom stereocenters. The normalized spacial score (nSPS) is 19.0. The molecule has 0 amide bonds. The zero-order valence-electron chi connectivity index (χ0n) is 17.6. The summed E-state index contributed by atoms with van der Waals surface area (Å²) in [4.78, 5) is 8.93. The molecule has 0 saturated heterocycles. The van der Waals surface area contributed by atoms with E-state index in [-0.39, 0.29) is 11.9 Å². The molecule has 3 aromatic heterocycles. The Bertz CT molecular complexity index is 1230. The van der Waals surface area contributed by atoms with Gasteiger partial charge in [-0.2, -0.15) is 0 Å². The minimum Gasteiger partial charge on any atom is -0.350 e. The van der Waals surface area contributed by atoms with Gasteiger partial charge in [0.1, 0.15) is 11.3 Å². The molecule has 2 N–H and O–H groups in total. The third-order valence-corrected chi connectivity index (χ3v) is 6.05. The Labute approximate surface area is 174 Å². The molecule has 8 heteroatoms. The molecule has 30 heavy (non-hydrogen) atoms. The molecule has 1 aliphatic rings. The van der Waals surface area contributed by atoms with E-state index in [0.717, 1.165) is 40.8 Å². The first-order valence-electron chi connectivity index (χ1n) is 10.4. The van der Waals surface area contributed by atoms with Crippen LogP contribution in [0.5, 0.6) is 0 Å². The van der Waals surface area contributed by atoms with Gasteiger partial charge in [-0.3, -0.25) is 0 Å². The van der Waals surface area contributed by atoms with Crippen molar-refractivity contribution in [1.29, 1.82) is 0 Å². The Hall–Kier alpha value is -3.00. The summed E-state index contributed by atoms with van der Waals surface area (Å²) in [6.45, 7) is 6.07. The van der Waals surface area contributed by atoms with Gasteiger partial charge in [-0.15, -0.1) is 5.10 Å². The van der Waals surface area contributed by atoms with Crippen LogP contribution >= 0.6 is 0 Å². The fourth-order valence-corrected chi connectivity index (χ4v) is 4.44. The van der Waals surface area contributed by atoms with Gasteiger partial charge >= 0.3 is 0 Å². The van der Waals surface area contributed by atoms with Gasteiger partial charge in [-0.1, -0.05) is 0 Å². The maximum Gasteiger partial charge on any atom is 0.241 e. The number of fused-ring (bicyclic) bond motifs is 2. The minimum absolute atomic E-state index is 0.196. The van der Waals surface area contributed by atoms with Crippen molar-refractivity contribution < 1.29 is 4.39 Å². The molecular weight excluding hydrogens is 381 g/mol. The summed E-state index contributed by atoms with van der Waals surface area (Å²) in [5.41, 5.74) is 3.75. The number of hydrogen-bond acceptors (Lipinski definition) is 5. The van der Waals surface area contributed by atoms with Crippen LogP contribution in [0.3, 0.4) is 0 Å². The van der Waals surface area contributed by atoms with E-state index in [1.54, 1.807) is 16.8 Å².